The van der Waals surface area contributed by atoms with Crippen LogP contribution in [0.3, 0.4) is 0 Å². The number of benzene rings is 1. The molecule has 4 nitrogen and oxygen atoms in total. The standard InChI is InChI=1S/C7H16N2O2S.C7H8/c10-7(6-12)5-8-1-3-9(11)4-2-8;1-7-5-3-2-4-6-7/h7,10-12H,1-6H2;2-6H,1H3. The van der Waals surface area contributed by atoms with Crippen molar-refractivity contribution in [2.24, 2.45) is 0 Å². The van der Waals surface area contributed by atoms with Crippen LogP contribution < -0.4 is 0 Å². The highest BCUT2D eigenvalue weighted by atomic mass is 32.1. The molecule has 0 amide bonds. The van der Waals surface area contributed by atoms with Gasteiger partial charge in [0.1, 0.15) is 0 Å². The van der Waals surface area contributed by atoms with Crippen LogP contribution in [-0.2, 0) is 0 Å². The van der Waals surface area contributed by atoms with Crippen molar-refractivity contribution < 1.29 is 10.3 Å². The third-order valence-electron chi connectivity index (χ3n) is 2.97. The lowest BCUT2D eigenvalue weighted by molar-refractivity contribution is -0.119. The second kappa shape index (κ2) is 9.34. The molecular formula is C14H24N2O2S. The first-order valence-electron chi connectivity index (χ1n) is 6.58. The highest BCUT2D eigenvalue weighted by Crippen LogP contribution is 2.00. The van der Waals surface area contributed by atoms with Gasteiger partial charge in [-0.1, -0.05) is 35.9 Å². The van der Waals surface area contributed by atoms with Crippen LogP contribution in [-0.4, -0.2) is 64.9 Å². The molecule has 1 heterocycles. The number of piperazine rings is 1. The Labute approximate surface area is 121 Å². The smallest absolute Gasteiger partial charge is 0.0754 e. The molecule has 0 saturated carbocycles. The van der Waals surface area contributed by atoms with Gasteiger partial charge in [0, 0.05) is 38.5 Å². The lowest BCUT2D eigenvalue weighted by Crippen LogP contribution is -2.47. The second-order valence-electron chi connectivity index (χ2n) is 4.75. The molecule has 1 aliphatic rings. The Morgan fingerprint density at radius 1 is 1.16 bits per heavy atom. The summed E-state index contributed by atoms with van der Waals surface area (Å²) in [5, 5.41) is 19.6. The highest BCUT2D eigenvalue weighted by molar-refractivity contribution is 7.80. The minimum Gasteiger partial charge on any atom is -0.391 e. The van der Waals surface area contributed by atoms with Crippen molar-refractivity contribution in [1.82, 2.24) is 9.96 Å². The number of hydrogen-bond donors (Lipinski definition) is 3. The van der Waals surface area contributed by atoms with Gasteiger partial charge in [0.15, 0.2) is 0 Å². The number of nitrogens with zero attached hydrogens (tertiary/aromatic N) is 2. The molecule has 2 N–H and O–H groups in total. The molecule has 5 heteroatoms. The molecule has 1 unspecified atom stereocenters. The van der Waals surface area contributed by atoms with Crippen molar-refractivity contribution in [3.05, 3.63) is 35.9 Å². The van der Waals surface area contributed by atoms with E-state index in [1.165, 1.54) is 10.6 Å². The first kappa shape index (κ1) is 16.5. The summed E-state index contributed by atoms with van der Waals surface area (Å²) in [5.41, 5.74) is 1.32. The molecule has 0 aromatic heterocycles. The van der Waals surface area contributed by atoms with Crippen molar-refractivity contribution in [3.8, 4) is 0 Å². The third kappa shape index (κ3) is 7.54. The van der Waals surface area contributed by atoms with E-state index in [4.69, 9.17) is 5.21 Å². The van der Waals surface area contributed by atoms with Gasteiger partial charge in [-0.2, -0.15) is 17.7 Å². The van der Waals surface area contributed by atoms with Gasteiger partial charge in [0.25, 0.3) is 0 Å². The number of thiol groups is 1. The summed E-state index contributed by atoms with van der Waals surface area (Å²) in [6.07, 6.45) is -0.349. The van der Waals surface area contributed by atoms with Crippen LogP contribution in [0.4, 0.5) is 0 Å². The summed E-state index contributed by atoms with van der Waals surface area (Å²) in [6, 6.07) is 10.3. The zero-order valence-corrected chi connectivity index (χ0v) is 12.3. The fraction of sp³-hybridized carbons (Fsp3) is 0.571. The Morgan fingerprint density at radius 3 is 2.16 bits per heavy atom. The SMILES string of the molecule is Cc1ccccc1.OC(CS)CN1CCN(O)CC1. The van der Waals surface area contributed by atoms with Gasteiger partial charge in [-0.25, -0.2) is 0 Å². The van der Waals surface area contributed by atoms with Crippen molar-refractivity contribution >= 4 is 12.6 Å². The van der Waals surface area contributed by atoms with E-state index < -0.39 is 0 Å². The number of hydrogen-bond acceptors (Lipinski definition) is 5. The summed E-state index contributed by atoms with van der Waals surface area (Å²) in [6.45, 7) is 5.72. The topological polar surface area (TPSA) is 46.9 Å². The van der Waals surface area contributed by atoms with E-state index >= 15 is 0 Å². The van der Waals surface area contributed by atoms with Crippen LogP contribution >= 0.6 is 12.6 Å². The Kier molecular flexibility index (Phi) is 8.09. The Hall–Kier alpha value is -0.590. The van der Waals surface area contributed by atoms with E-state index in [-0.39, 0.29) is 6.10 Å². The van der Waals surface area contributed by atoms with Gasteiger partial charge >= 0.3 is 0 Å². The summed E-state index contributed by atoms with van der Waals surface area (Å²) in [4.78, 5) is 2.13. The zero-order chi connectivity index (χ0) is 14.1. The van der Waals surface area contributed by atoms with Crippen LogP contribution in [0.5, 0.6) is 0 Å². The van der Waals surface area contributed by atoms with Crippen LogP contribution in [0, 0.1) is 6.92 Å². The van der Waals surface area contributed by atoms with E-state index in [9.17, 15) is 5.11 Å². The van der Waals surface area contributed by atoms with Crippen molar-refractivity contribution in [2.75, 3.05) is 38.5 Å². The molecule has 1 fully saturated rings. The van der Waals surface area contributed by atoms with E-state index in [2.05, 4.69) is 36.6 Å². The number of aryl methyl sites for hydroxylation is 1. The minimum absolute atomic E-state index is 0.349. The minimum atomic E-state index is -0.349. The predicted octanol–water partition coefficient (Wildman–Crippen LogP) is 1.28. The summed E-state index contributed by atoms with van der Waals surface area (Å²) >= 11 is 4.00. The molecule has 1 saturated heterocycles. The van der Waals surface area contributed by atoms with Gasteiger partial charge in [0.2, 0.25) is 0 Å². The number of β-amino-alcohol motifs (C(OH)–C–C–N with tert-alkyl or cyclic N) is 1. The van der Waals surface area contributed by atoms with Crippen molar-refractivity contribution in [2.45, 2.75) is 13.0 Å². The lowest BCUT2D eigenvalue weighted by atomic mass is 10.2. The maximum atomic E-state index is 9.28. The number of rotatable bonds is 3. The maximum absolute atomic E-state index is 9.28. The van der Waals surface area contributed by atoms with Gasteiger partial charge in [0.05, 0.1) is 6.10 Å². The van der Waals surface area contributed by atoms with E-state index in [1.807, 2.05) is 18.2 Å². The third-order valence-corrected chi connectivity index (χ3v) is 3.39. The highest BCUT2D eigenvalue weighted by Gasteiger charge is 2.16. The average Bonchev–Trinajstić information content (AvgIpc) is 2.43. The van der Waals surface area contributed by atoms with E-state index in [0.717, 1.165) is 13.1 Å². The van der Waals surface area contributed by atoms with Gasteiger partial charge in [-0.3, -0.25) is 4.90 Å². The fourth-order valence-electron chi connectivity index (χ4n) is 1.81. The first-order chi connectivity index (χ1) is 9.11. The number of hydroxylamine groups is 2. The van der Waals surface area contributed by atoms with Crippen LogP contribution in [0.25, 0.3) is 0 Å². The van der Waals surface area contributed by atoms with Gasteiger partial charge in [-0.15, -0.1) is 0 Å². The zero-order valence-electron chi connectivity index (χ0n) is 11.4. The molecule has 2 rings (SSSR count). The number of aliphatic hydroxyl groups excluding tert-OH is 1. The predicted molar refractivity (Wildman–Crippen MR) is 80.8 cm³/mol. The molecule has 1 atom stereocenters. The fourth-order valence-corrected chi connectivity index (χ4v) is 1.93. The Morgan fingerprint density at radius 2 is 1.74 bits per heavy atom. The molecule has 0 bridgehead atoms. The second-order valence-corrected chi connectivity index (χ2v) is 5.11. The average molecular weight is 284 g/mol. The summed E-state index contributed by atoms with van der Waals surface area (Å²) < 4.78 is 0. The molecule has 0 aliphatic carbocycles. The molecule has 0 radical (unpaired) electrons. The van der Waals surface area contributed by atoms with Crippen LogP contribution in [0.2, 0.25) is 0 Å². The Balaban J connectivity index is 0.000000218. The van der Waals surface area contributed by atoms with Crippen LogP contribution in [0.15, 0.2) is 30.3 Å². The van der Waals surface area contributed by atoms with Gasteiger partial charge in [-0.05, 0) is 6.92 Å². The normalized spacial score (nSPS) is 18.5. The van der Waals surface area contributed by atoms with E-state index in [0.29, 0.717) is 25.4 Å². The molecular weight excluding hydrogens is 260 g/mol. The van der Waals surface area contributed by atoms with Gasteiger partial charge < -0.3 is 10.3 Å². The monoisotopic (exact) mass is 284 g/mol. The number of aliphatic hydroxyl groups is 1. The molecule has 0 spiro atoms. The van der Waals surface area contributed by atoms with E-state index in [1.54, 1.807) is 0 Å². The summed E-state index contributed by atoms with van der Waals surface area (Å²) in [5.74, 6) is 0.499. The van der Waals surface area contributed by atoms with Crippen molar-refractivity contribution in [3.63, 3.8) is 0 Å². The maximum Gasteiger partial charge on any atom is 0.0754 e. The quantitative estimate of drug-likeness (QED) is 0.732. The Bertz CT molecular complexity index is 329. The molecule has 1 aromatic carbocycles. The molecule has 1 aliphatic heterocycles. The first-order valence-corrected chi connectivity index (χ1v) is 7.22. The molecule has 1 aromatic rings. The van der Waals surface area contributed by atoms with Crippen molar-refractivity contribution in [1.29, 1.82) is 0 Å². The summed E-state index contributed by atoms with van der Waals surface area (Å²) in [7, 11) is 0. The lowest BCUT2D eigenvalue weighted by Gasteiger charge is -2.31. The van der Waals surface area contributed by atoms with Crippen LogP contribution in [0.1, 0.15) is 5.56 Å². The molecule has 108 valence electrons. The molecule has 19 heavy (non-hydrogen) atoms. The largest absolute Gasteiger partial charge is 0.391 e.